The van der Waals surface area contributed by atoms with Crippen molar-refractivity contribution >= 4 is 11.9 Å². The number of benzene rings is 1. The van der Waals surface area contributed by atoms with Gasteiger partial charge in [0.15, 0.2) is 0 Å². The van der Waals surface area contributed by atoms with E-state index in [0.29, 0.717) is 26.2 Å². The van der Waals surface area contributed by atoms with Gasteiger partial charge in [-0.1, -0.05) is 50.1 Å². The molecule has 0 fully saturated rings. The lowest BCUT2D eigenvalue weighted by Gasteiger charge is -2.27. The highest BCUT2D eigenvalue weighted by Crippen LogP contribution is 2.12. The number of urea groups is 1. The molecule has 0 aliphatic heterocycles. The molecule has 0 radical (unpaired) electrons. The van der Waals surface area contributed by atoms with Crippen LogP contribution in [-0.2, 0) is 17.8 Å². The number of unbranched alkanes of at least 4 members (excludes halogenated alkanes) is 2. The second-order valence-corrected chi connectivity index (χ2v) is 7.53. The number of rotatable bonds is 12. The van der Waals surface area contributed by atoms with E-state index < -0.39 is 0 Å². The highest BCUT2D eigenvalue weighted by atomic mass is 16.3. The molecular formula is C24H35N3O3. The van der Waals surface area contributed by atoms with Gasteiger partial charge in [-0.15, -0.1) is 0 Å². The molecule has 0 aliphatic carbocycles. The van der Waals surface area contributed by atoms with Crippen LogP contribution in [0.25, 0.3) is 0 Å². The van der Waals surface area contributed by atoms with Gasteiger partial charge in [-0.3, -0.25) is 4.79 Å². The van der Waals surface area contributed by atoms with Crippen LogP contribution in [0.5, 0.6) is 0 Å². The first-order valence-electron chi connectivity index (χ1n) is 10.9. The minimum Gasteiger partial charge on any atom is -0.464 e. The zero-order valence-corrected chi connectivity index (χ0v) is 18.5. The van der Waals surface area contributed by atoms with Crippen molar-refractivity contribution in [3.8, 4) is 0 Å². The Labute approximate surface area is 180 Å². The van der Waals surface area contributed by atoms with E-state index in [1.54, 1.807) is 9.80 Å². The molecule has 0 saturated carbocycles. The first kappa shape index (κ1) is 23.5. The summed E-state index contributed by atoms with van der Waals surface area (Å²) in [6.07, 6.45) is 3.75. The SMILES string of the molecule is CCCCCN(CC(=O)N(CCc1ccccc1)Cc1ccc(C)o1)C(=O)NCC. The third-order valence-electron chi connectivity index (χ3n) is 4.98. The lowest BCUT2D eigenvalue weighted by molar-refractivity contribution is -0.132. The molecule has 0 spiro atoms. The van der Waals surface area contributed by atoms with E-state index in [-0.39, 0.29) is 18.5 Å². The molecule has 0 saturated heterocycles. The Balaban J connectivity index is 2.08. The standard InChI is InChI=1S/C24H35N3O3/c1-4-6-10-16-27(24(29)25-5-2)19-23(28)26(18-22-14-13-20(3)30-22)17-15-21-11-8-7-9-12-21/h7-9,11-14H,4-6,10,15-19H2,1-3H3,(H,25,29). The van der Waals surface area contributed by atoms with Crippen LogP contribution >= 0.6 is 0 Å². The summed E-state index contributed by atoms with van der Waals surface area (Å²) < 4.78 is 5.70. The zero-order chi connectivity index (χ0) is 21.8. The Morgan fingerprint density at radius 1 is 0.967 bits per heavy atom. The van der Waals surface area contributed by atoms with Gasteiger partial charge in [-0.25, -0.2) is 4.79 Å². The maximum Gasteiger partial charge on any atom is 0.317 e. The fraction of sp³-hybridized carbons (Fsp3) is 0.500. The van der Waals surface area contributed by atoms with E-state index >= 15 is 0 Å². The van der Waals surface area contributed by atoms with Crippen LogP contribution in [-0.4, -0.2) is 47.9 Å². The van der Waals surface area contributed by atoms with Gasteiger partial charge in [0.25, 0.3) is 0 Å². The van der Waals surface area contributed by atoms with Crippen molar-refractivity contribution in [2.24, 2.45) is 0 Å². The summed E-state index contributed by atoms with van der Waals surface area (Å²) in [5, 5.41) is 2.83. The molecular weight excluding hydrogens is 378 g/mol. The fourth-order valence-electron chi connectivity index (χ4n) is 3.29. The topological polar surface area (TPSA) is 65.8 Å². The van der Waals surface area contributed by atoms with Crippen LogP contribution in [0.3, 0.4) is 0 Å². The summed E-state index contributed by atoms with van der Waals surface area (Å²) in [5.41, 5.74) is 1.18. The lowest BCUT2D eigenvalue weighted by atomic mass is 10.1. The number of amides is 3. The second kappa shape index (κ2) is 12.7. The van der Waals surface area contributed by atoms with Crippen molar-refractivity contribution < 1.29 is 14.0 Å². The van der Waals surface area contributed by atoms with E-state index in [2.05, 4.69) is 24.4 Å². The number of nitrogens with one attached hydrogen (secondary N) is 1. The third kappa shape index (κ3) is 7.93. The van der Waals surface area contributed by atoms with Crippen LogP contribution in [0.2, 0.25) is 0 Å². The largest absolute Gasteiger partial charge is 0.464 e. The van der Waals surface area contributed by atoms with Gasteiger partial charge >= 0.3 is 6.03 Å². The molecule has 2 aromatic rings. The van der Waals surface area contributed by atoms with Gasteiger partial charge in [-0.2, -0.15) is 0 Å². The Kier molecular flexibility index (Phi) is 9.98. The molecule has 6 heteroatoms. The number of aryl methyl sites for hydroxylation is 1. The van der Waals surface area contributed by atoms with Crippen LogP contribution in [0.4, 0.5) is 4.79 Å². The molecule has 0 atom stereocenters. The average Bonchev–Trinajstić information content (AvgIpc) is 3.16. The average molecular weight is 414 g/mol. The predicted octanol–water partition coefficient (Wildman–Crippen LogP) is 4.38. The van der Waals surface area contributed by atoms with Crippen LogP contribution in [0, 0.1) is 6.92 Å². The molecule has 164 valence electrons. The van der Waals surface area contributed by atoms with Crippen molar-refractivity contribution in [1.82, 2.24) is 15.1 Å². The molecule has 2 rings (SSSR count). The van der Waals surface area contributed by atoms with Crippen LogP contribution < -0.4 is 5.32 Å². The number of hydrogen-bond acceptors (Lipinski definition) is 3. The Morgan fingerprint density at radius 3 is 2.37 bits per heavy atom. The van der Waals surface area contributed by atoms with Gasteiger partial charge in [0, 0.05) is 19.6 Å². The number of nitrogens with zero attached hydrogens (tertiary/aromatic N) is 2. The van der Waals surface area contributed by atoms with Crippen LogP contribution in [0.1, 0.15) is 50.2 Å². The minimum absolute atomic E-state index is 0.0669. The molecule has 1 aromatic heterocycles. The maximum atomic E-state index is 13.2. The molecule has 1 N–H and O–H groups in total. The van der Waals surface area contributed by atoms with E-state index in [1.165, 1.54) is 5.56 Å². The first-order chi connectivity index (χ1) is 14.5. The molecule has 3 amide bonds. The Hall–Kier alpha value is -2.76. The first-order valence-corrected chi connectivity index (χ1v) is 10.9. The lowest BCUT2D eigenvalue weighted by Crippen LogP contribution is -2.47. The van der Waals surface area contributed by atoms with Gasteiger partial charge in [0.2, 0.25) is 5.91 Å². The molecule has 1 heterocycles. The number of carbonyl (C=O) groups excluding carboxylic acids is 2. The Morgan fingerprint density at radius 2 is 1.73 bits per heavy atom. The number of hydrogen-bond donors (Lipinski definition) is 1. The summed E-state index contributed by atoms with van der Waals surface area (Å²) in [5.74, 6) is 1.51. The molecule has 0 unspecified atom stereocenters. The predicted molar refractivity (Wildman–Crippen MR) is 119 cm³/mol. The van der Waals surface area contributed by atoms with Gasteiger partial charge in [-0.05, 0) is 44.4 Å². The second-order valence-electron chi connectivity index (χ2n) is 7.53. The fourth-order valence-corrected chi connectivity index (χ4v) is 3.29. The van der Waals surface area contributed by atoms with Crippen molar-refractivity contribution in [3.63, 3.8) is 0 Å². The molecule has 30 heavy (non-hydrogen) atoms. The van der Waals surface area contributed by atoms with Gasteiger partial charge < -0.3 is 19.5 Å². The third-order valence-corrected chi connectivity index (χ3v) is 4.98. The van der Waals surface area contributed by atoms with Crippen molar-refractivity contribution in [2.75, 3.05) is 26.2 Å². The highest BCUT2D eigenvalue weighted by Gasteiger charge is 2.22. The monoisotopic (exact) mass is 413 g/mol. The summed E-state index contributed by atoms with van der Waals surface area (Å²) in [6, 6.07) is 13.7. The normalized spacial score (nSPS) is 10.6. The van der Waals surface area contributed by atoms with Gasteiger partial charge in [0.05, 0.1) is 6.54 Å². The number of carbonyl (C=O) groups is 2. The molecule has 0 bridgehead atoms. The maximum absolute atomic E-state index is 13.2. The van der Waals surface area contributed by atoms with E-state index in [4.69, 9.17) is 4.42 Å². The smallest absolute Gasteiger partial charge is 0.317 e. The zero-order valence-electron chi connectivity index (χ0n) is 18.5. The summed E-state index contributed by atoms with van der Waals surface area (Å²) in [7, 11) is 0. The van der Waals surface area contributed by atoms with E-state index in [9.17, 15) is 9.59 Å². The Bertz CT molecular complexity index is 773. The van der Waals surface area contributed by atoms with Gasteiger partial charge in [0.1, 0.15) is 18.1 Å². The summed E-state index contributed by atoms with van der Waals surface area (Å²) in [4.78, 5) is 29.1. The van der Waals surface area contributed by atoms with Crippen molar-refractivity contribution in [2.45, 2.75) is 53.0 Å². The quantitative estimate of drug-likeness (QED) is 0.525. The van der Waals surface area contributed by atoms with Crippen molar-refractivity contribution in [3.05, 3.63) is 59.5 Å². The molecule has 0 aliphatic rings. The van der Waals surface area contributed by atoms with Crippen LogP contribution in [0.15, 0.2) is 46.9 Å². The summed E-state index contributed by atoms with van der Waals surface area (Å²) >= 11 is 0. The molecule has 1 aromatic carbocycles. The van der Waals surface area contributed by atoms with E-state index in [1.807, 2.05) is 44.2 Å². The van der Waals surface area contributed by atoms with E-state index in [0.717, 1.165) is 37.2 Å². The summed E-state index contributed by atoms with van der Waals surface area (Å²) in [6.45, 7) is 8.07. The molecule has 6 nitrogen and oxygen atoms in total. The van der Waals surface area contributed by atoms with Crippen molar-refractivity contribution in [1.29, 1.82) is 0 Å². The highest BCUT2D eigenvalue weighted by molar-refractivity contribution is 5.84. The number of furan rings is 1. The minimum atomic E-state index is -0.182.